The van der Waals surface area contributed by atoms with Gasteiger partial charge in [0.05, 0.1) is 24.6 Å². The van der Waals surface area contributed by atoms with Crippen LogP contribution in [-0.2, 0) is 4.79 Å². The lowest BCUT2D eigenvalue weighted by Crippen LogP contribution is -2.20. The van der Waals surface area contributed by atoms with Crippen LogP contribution < -0.4 is 20.2 Å². The van der Waals surface area contributed by atoms with E-state index in [4.69, 9.17) is 9.47 Å². The summed E-state index contributed by atoms with van der Waals surface area (Å²) in [6.45, 7) is -0.146. The summed E-state index contributed by atoms with van der Waals surface area (Å²) in [4.78, 5) is 27.8. The first-order valence-corrected chi connectivity index (χ1v) is 9.05. The van der Waals surface area contributed by atoms with Gasteiger partial charge in [-0.3, -0.25) is 14.6 Å². The van der Waals surface area contributed by atoms with Crippen molar-refractivity contribution in [2.75, 3.05) is 19.0 Å². The number of hydrogen-bond acceptors (Lipinski definition) is 6. The smallest absolute Gasteiger partial charge is 0.272 e. The Bertz CT molecular complexity index is 1020. The monoisotopic (exact) mass is 404 g/mol. The molecule has 0 bridgehead atoms. The standard InChI is InChI=1S/C22H20N4O4/c1-29-20-7-3-2-6-19(20)25-21(27)15-30-18-10-8-16(9-11-18)13-24-26-22(28)17-5-4-12-23-14-17/h2-14H,15H2,1H3,(H,25,27)(H,26,28)/b24-13+. The number of hydrogen-bond donors (Lipinski definition) is 2. The molecule has 3 aromatic rings. The first-order valence-electron chi connectivity index (χ1n) is 9.05. The lowest BCUT2D eigenvalue weighted by Gasteiger charge is -2.10. The lowest BCUT2D eigenvalue weighted by atomic mass is 10.2. The maximum absolute atomic E-state index is 12.1. The number of benzene rings is 2. The highest BCUT2D eigenvalue weighted by Gasteiger charge is 2.07. The van der Waals surface area contributed by atoms with E-state index in [9.17, 15) is 9.59 Å². The fourth-order valence-electron chi connectivity index (χ4n) is 2.46. The van der Waals surface area contributed by atoms with Crippen molar-refractivity contribution in [1.29, 1.82) is 0 Å². The number of nitrogens with zero attached hydrogens (tertiary/aromatic N) is 2. The zero-order chi connectivity index (χ0) is 21.2. The second kappa shape index (κ2) is 10.4. The normalized spacial score (nSPS) is 10.4. The number of para-hydroxylation sites is 2. The van der Waals surface area contributed by atoms with Crippen LogP contribution in [-0.4, -0.2) is 36.7 Å². The molecule has 0 unspecified atom stereocenters. The summed E-state index contributed by atoms with van der Waals surface area (Å²) in [5, 5.41) is 6.66. The summed E-state index contributed by atoms with van der Waals surface area (Å²) in [6, 6.07) is 17.4. The highest BCUT2D eigenvalue weighted by molar-refractivity contribution is 5.94. The molecular formula is C22H20N4O4. The van der Waals surface area contributed by atoms with E-state index in [1.54, 1.807) is 60.8 Å². The van der Waals surface area contributed by atoms with Gasteiger partial charge in [0.2, 0.25) is 0 Å². The quantitative estimate of drug-likeness (QED) is 0.444. The number of rotatable bonds is 8. The maximum atomic E-state index is 12.1. The number of carbonyl (C=O) groups is 2. The highest BCUT2D eigenvalue weighted by atomic mass is 16.5. The Labute approximate surface area is 173 Å². The minimum atomic E-state index is -0.347. The number of aromatic nitrogens is 1. The molecular weight excluding hydrogens is 384 g/mol. The fourth-order valence-corrected chi connectivity index (χ4v) is 2.46. The van der Waals surface area contributed by atoms with Gasteiger partial charge >= 0.3 is 0 Å². The molecule has 0 aliphatic heterocycles. The molecule has 3 rings (SSSR count). The summed E-state index contributed by atoms with van der Waals surface area (Å²) in [7, 11) is 1.54. The lowest BCUT2D eigenvalue weighted by molar-refractivity contribution is -0.118. The molecule has 0 aliphatic carbocycles. The molecule has 0 spiro atoms. The molecule has 1 heterocycles. The van der Waals surface area contributed by atoms with Gasteiger partial charge in [-0.2, -0.15) is 5.10 Å². The third kappa shape index (κ3) is 5.90. The second-order valence-electron chi connectivity index (χ2n) is 6.05. The van der Waals surface area contributed by atoms with Crippen LogP contribution in [0.3, 0.4) is 0 Å². The molecule has 0 saturated carbocycles. The average Bonchev–Trinajstić information content (AvgIpc) is 2.79. The van der Waals surface area contributed by atoms with Crippen molar-refractivity contribution in [3.8, 4) is 11.5 Å². The van der Waals surface area contributed by atoms with Crippen molar-refractivity contribution >= 4 is 23.7 Å². The molecule has 2 aromatic carbocycles. The number of carbonyl (C=O) groups excluding carboxylic acids is 2. The molecule has 0 atom stereocenters. The van der Waals surface area contributed by atoms with E-state index in [0.29, 0.717) is 22.7 Å². The molecule has 0 fully saturated rings. The molecule has 0 saturated heterocycles. The molecule has 2 N–H and O–H groups in total. The molecule has 152 valence electrons. The van der Waals surface area contributed by atoms with Gasteiger partial charge in [0.1, 0.15) is 11.5 Å². The van der Waals surface area contributed by atoms with Gasteiger partial charge in [-0.15, -0.1) is 0 Å². The van der Waals surface area contributed by atoms with Crippen LogP contribution in [0.4, 0.5) is 5.69 Å². The van der Waals surface area contributed by atoms with Crippen LogP contribution in [0.25, 0.3) is 0 Å². The van der Waals surface area contributed by atoms with E-state index < -0.39 is 0 Å². The molecule has 1 aromatic heterocycles. The summed E-state index contributed by atoms with van der Waals surface area (Å²) in [6.07, 6.45) is 4.55. The first kappa shape index (κ1) is 20.5. The largest absolute Gasteiger partial charge is 0.495 e. The Morgan fingerprint density at radius 3 is 2.60 bits per heavy atom. The number of anilines is 1. The van der Waals surface area contributed by atoms with Gasteiger partial charge in [-0.05, 0) is 54.1 Å². The Kier molecular flexibility index (Phi) is 7.10. The van der Waals surface area contributed by atoms with Crippen molar-refractivity contribution in [1.82, 2.24) is 10.4 Å². The average molecular weight is 404 g/mol. The zero-order valence-corrected chi connectivity index (χ0v) is 16.2. The number of methoxy groups -OCH3 is 1. The molecule has 2 amide bonds. The molecule has 0 radical (unpaired) electrons. The van der Waals surface area contributed by atoms with E-state index >= 15 is 0 Å². The number of hydrazone groups is 1. The Hall–Kier alpha value is -4.20. The van der Waals surface area contributed by atoms with Gasteiger partial charge in [0.25, 0.3) is 11.8 Å². The topological polar surface area (TPSA) is 102 Å². The number of amides is 2. The van der Waals surface area contributed by atoms with Crippen molar-refractivity contribution in [3.05, 3.63) is 84.2 Å². The predicted octanol–water partition coefficient (Wildman–Crippen LogP) is 2.87. The van der Waals surface area contributed by atoms with E-state index in [0.717, 1.165) is 5.56 Å². The van der Waals surface area contributed by atoms with Crippen LogP contribution in [0.1, 0.15) is 15.9 Å². The van der Waals surface area contributed by atoms with Crippen molar-refractivity contribution < 1.29 is 19.1 Å². The van der Waals surface area contributed by atoms with E-state index in [1.165, 1.54) is 19.5 Å². The Morgan fingerprint density at radius 2 is 1.87 bits per heavy atom. The van der Waals surface area contributed by atoms with Crippen LogP contribution in [0.2, 0.25) is 0 Å². The van der Waals surface area contributed by atoms with Crippen molar-refractivity contribution in [3.63, 3.8) is 0 Å². The Balaban J connectivity index is 1.47. The van der Waals surface area contributed by atoms with Gasteiger partial charge < -0.3 is 14.8 Å². The van der Waals surface area contributed by atoms with Crippen molar-refractivity contribution in [2.45, 2.75) is 0 Å². The molecule has 30 heavy (non-hydrogen) atoms. The summed E-state index contributed by atoms with van der Waals surface area (Å²) in [5.41, 5.74) is 4.19. The summed E-state index contributed by atoms with van der Waals surface area (Å²) >= 11 is 0. The minimum Gasteiger partial charge on any atom is -0.495 e. The van der Waals surface area contributed by atoms with E-state index in [-0.39, 0.29) is 18.4 Å². The summed E-state index contributed by atoms with van der Waals surface area (Å²) < 4.78 is 10.7. The van der Waals surface area contributed by atoms with E-state index in [2.05, 4.69) is 20.8 Å². The number of nitrogens with one attached hydrogen (secondary N) is 2. The van der Waals surface area contributed by atoms with Crippen LogP contribution in [0, 0.1) is 0 Å². The van der Waals surface area contributed by atoms with Gasteiger partial charge in [-0.1, -0.05) is 12.1 Å². The highest BCUT2D eigenvalue weighted by Crippen LogP contribution is 2.22. The molecule has 8 heteroatoms. The van der Waals surface area contributed by atoms with E-state index in [1.807, 2.05) is 6.07 Å². The first-order chi connectivity index (χ1) is 14.7. The number of pyridine rings is 1. The molecule has 0 aliphatic rings. The number of ether oxygens (including phenoxy) is 2. The van der Waals surface area contributed by atoms with Gasteiger partial charge in [0.15, 0.2) is 6.61 Å². The van der Waals surface area contributed by atoms with Crippen LogP contribution in [0.5, 0.6) is 11.5 Å². The van der Waals surface area contributed by atoms with Crippen LogP contribution >= 0.6 is 0 Å². The summed E-state index contributed by atoms with van der Waals surface area (Å²) in [5.74, 6) is 0.454. The van der Waals surface area contributed by atoms with Crippen molar-refractivity contribution in [2.24, 2.45) is 5.10 Å². The SMILES string of the molecule is COc1ccccc1NC(=O)COc1ccc(/C=N/NC(=O)c2cccnc2)cc1. The predicted molar refractivity (Wildman–Crippen MR) is 113 cm³/mol. The zero-order valence-electron chi connectivity index (χ0n) is 16.2. The van der Waals surface area contributed by atoms with Gasteiger partial charge in [-0.25, -0.2) is 5.43 Å². The minimum absolute atomic E-state index is 0.146. The Morgan fingerprint density at radius 1 is 1.07 bits per heavy atom. The third-order valence-corrected chi connectivity index (χ3v) is 3.93. The second-order valence-corrected chi connectivity index (χ2v) is 6.05. The fraction of sp³-hybridized carbons (Fsp3) is 0.0909. The van der Waals surface area contributed by atoms with Crippen LogP contribution in [0.15, 0.2) is 78.2 Å². The maximum Gasteiger partial charge on any atom is 0.272 e. The third-order valence-electron chi connectivity index (χ3n) is 3.93. The molecule has 8 nitrogen and oxygen atoms in total. The van der Waals surface area contributed by atoms with Gasteiger partial charge in [0, 0.05) is 12.4 Å².